The van der Waals surface area contributed by atoms with E-state index in [0.717, 1.165) is 18.4 Å². The van der Waals surface area contributed by atoms with E-state index in [1.165, 1.54) is 6.20 Å². The first-order valence-corrected chi connectivity index (χ1v) is 6.00. The summed E-state index contributed by atoms with van der Waals surface area (Å²) in [6.45, 7) is 2.22. The first-order chi connectivity index (χ1) is 8.20. The zero-order valence-electron chi connectivity index (χ0n) is 9.93. The molecule has 0 bridgehead atoms. The van der Waals surface area contributed by atoms with Gasteiger partial charge in [0.2, 0.25) is 0 Å². The third-order valence-corrected chi connectivity index (χ3v) is 3.06. The van der Waals surface area contributed by atoms with Crippen molar-refractivity contribution in [1.29, 1.82) is 0 Å². The molecule has 92 valence electrons. The highest BCUT2D eigenvalue weighted by Crippen LogP contribution is 2.44. The van der Waals surface area contributed by atoms with E-state index in [0.29, 0.717) is 18.9 Å². The Hall–Kier alpha value is -1.58. The molecule has 0 saturated heterocycles. The lowest BCUT2D eigenvalue weighted by Crippen LogP contribution is -2.12. The van der Waals surface area contributed by atoms with Gasteiger partial charge in [0.25, 0.3) is 0 Å². The number of carbonyl (C=O) groups excluding carboxylic acids is 1. The van der Waals surface area contributed by atoms with Crippen molar-refractivity contribution in [3.63, 3.8) is 0 Å². The van der Waals surface area contributed by atoms with Gasteiger partial charge in [-0.1, -0.05) is 0 Å². The molecule has 1 atom stereocenters. The van der Waals surface area contributed by atoms with Crippen molar-refractivity contribution in [2.75, 3.05) is 6.61 Å². The minimum Gasteiger partial charge on any atom is -0.506 e. The van der Waals surface area contributed by atoms with Gasteiger partial charge < -0.3 is 9.84 Å². The van der Waals surface area contributed by atoms with Crippen LogP contribution in [0.1, 0.15) is 37.7 Å². The Morgan fingerprint density at radius 3 is 2.94 bits per heavy atom. The number of rotatable bonds is 5. The molecule has 1 aromatic rings. The van der Waals surface area contributed by atoms with Crippen molar-refractivity contribution >= 4 is 5.97 Å². The Bertz CT molecular complexity index is 401. The van der Waals surface area contributed by atoms with E-state index in [-0.39, 0.29) is 17.6 Å². The first kappa shape index (κ1) is 11.9. The van der Waals surface area contributed by atoms with Crippen LogP contribution < -0.4 is 0 Å². The number of esters is 1. The Kier molecular flexibility index (Phi) is 3.61. The summed E-state index contributed by atoms with van der Waals surface area (Å²) >= 11 is 0. The van der Waals surface area contributed by atoms with Crippen LogP contribution in [0, 0.1) is 5.92 Å². The van der Waals surface area contributed by atoms with Gasteiger partial charge in [-0.05, 0) is 43.2 Å². The summed E-state index contributed by atoms with van der Waals surface area (Å²) in [6.07, 6.45) is 5.78. The quantitative estimate of drug-likeness (QED) is 0.795. The number of aromatic nitrogens is 1. The molecule has 4 nitrogen and oxygen atoms in total. The van der Waals surface area contributed by atoms with Gasteiger partial charge in [-0.2, -0.15) is 0 Å². The second kappa shape index (κ2) is 5.17. The summed E-state index contributed by atoms with van der Waals surface area (Å²) < 4.78 is 4.98. The van der Waals surface area contributed by atoms with Crippen molar-refractivity contribution in [3.05, 3.63) is 24.0 Å². The largest absolute Gasteiger partial charge is 0.506 e. The second-order valence-electron chi connectivity index (χ2n) is 4.43. The van der Waals surface area contributed by atoms with Gasteiger partial charge in [-0.15, -0.1) is 0 Å². The summed E-state index contributed by atoms with van der Waals surface area (Å²) in [5, 5.41) is 9.42. The van der Waals surface area contributed by atoms with Crippen LogP contribution >= 0.6 is 0 Å². The van der Waals surface area contributed by atoms with Gasteiger partial charge >= 0.3 is 5.97 Å². The molecule has 1 heterocycles. The van der Waals surface area contributed by atoms with E-state index >= 15 is 0 Å². The molecule has 1 saturated carbocycles. The average Bonchev–Trinajstić information content (AvgIpc) is 3.10. The lowest BCUT2D eigenvalue weighted by molar-refractivity contribution is -0.143. The number of pyridine rings is 1. The third-order valence-electron chi connectivity index (χ3n) is 3.06. The number of hydrogen-bond acceptors (Lipinski definition) is 4. The summed E-state index contributed by atoms with van der Waals surface area (Å²) in [5.41, 5.74) is 0.931. The summed E-state index contributed by atoms with van der Waals surface area (Å²) in [5.74, 6) is 0.640. The smallest absolute Gasteiger partial charge is 0.306 e. The number of hydrogen-bond donors (Lipinski definition) is 1. The van der Waals surface area contributed by atoms with Crippen molar-refractivity contribution in [1.82, 2.24) is 4.98 Å². The fraction of sp³-hybridized carbons (Fsp3) is 0.538. The molecule has 1 fully saturated rings. The molecular weight excluding hydrogens is 218 g/mol. The molecule has 2 rings (SSSR count). The molecule has 1 aromatic heterocycles. The maximum absolute atomic E-state index is 11.5. The molecule has 0 radical (unpaired) electrons. The van der Waals surface area contributed by atoms with E-state index in [9.17, 15) is 9.90 Å². The molecule has 1 unspecified atom stereocenters. The highest BCUT2D eigenvalue weighted by molar-refractivity contribution is 5.70. The van der Waals surface area contributed by atoms with Crippen LogP contribution in [-0.2, 0) is 9.53 Å². The van der Waals surface area contributed by atoms with Crippen LogP contribution in [0.3, 0.4) is 0 Å². The summed E-state index contributed by atoms with van der Waals surface area (Å²) in [7, 11) is 0. The van der Waals surface area contributed by atoms with Gasteiger partial charge in [0.1, 0.15) is 5.75 Å². The van der Waals surface area contributed by atoms with Gasteiger partial charge in [0.05, 0.1) is 19.2 Å². The van der Waals surface area contributed by atoms with Crippen LogP contribution in [0.15, 0.2) is 18.5 Å². The predicted molar refractivity (Wildman–Crippen MR) is 62.6 cm³/mol. The average molecular weight is 235 g/mol. The molecule has 4 heteroatoms. The fourth-order valence-corrected chi connectivity index (χ4v) is 2.10. The Labute approximate surface area is 101 Å². The maximum atomic E-state index is 11.5. The lowest BCUT2D eigenvalue weighted by atomic mass is 9.92. The molecule has 1 N–H and O–H groups in total. The molecule has 0 aromatic carbocycles. The highest BCUT2D eigenvalue weighted by atomic mass is 16.5. The zero-order valence-corrected chi connectivity index (χ0v) is 9.93. The lowest BCUT2D eigenvalue weighted by Gasteiger charge is -2.15. The molecule has 0 spiro atoms. The SMILES string of the molecule is CCOC(=O)CC(c1cncc(O)c1)C1CC1. The number of ether oxygens (including phenoxy) is 1. The number of nitrogens with zero attached hydrogens (tertiary/aromatic N) is 1. The van der Waals surface area contributed by atoms with Crippen LogP contribution in [-0.4, -0.2) is 22.7 Å². The van der Waals surface area contributed by atoms with Crippen molar-refractivity contribution in [2.24, 2.45) is 5.92 Å². The summed E-state index contributed by atoms with van der Waals surface area (Å²) in [4.78, 5) is 15.5. The Morgan fingerprint density at radius 1 is 1.59 bits per heavy atom. The van der Waals surface area contributed by atoms with Crippen LogP contribution in [0.4, 0.5) is 0 Å². The Balaban J connectivity index is 2.09. The number of carbonyl (C=O) groups is 1. The minimum atomic E-state index is -0.173. The fourth-order valence-electron chi connectivity index (χ4n) is 2.10. The van der Waals surface area contributed by atoms with Gasteiger partial charge in [-0.3, -0.25) is 9.78 Å². The molecule has 1 aliphatic carbocycles. The van der Waals surface area contributed by atoms with E-state index in [1.54, 1.807) is 19.2 Å². The van der Waals surface area contributed by atoms with Crippen LogP contribution in [0.2, 0.25) is 0 Å². The first-order valence-electron chi connectivity index (χ1n) is 6.00. The monoisotopic (exact) mass is 235 g/mol. The van der Waals surface area contributed by atoms with Gasteiger partial charge in [0, 0.05) is 6.20 Å². The Morgan fingerprint density at radius 2 is 2.35 bits per heavy atom. The van der Waals surface area contributed by atoms with Crippen LogP contribution in [0.25, 0.3) is 0 Å². The second-order valence-corrected chi connectivity index (χ2v) is 4.43. The number of aromatic hydroxyl groups is 1. The van der Waals surface area contributed by atoms with E-state index in [4.69, 9.17) is 4.74 Å². The minimum absolute atomic E-state index is 0.133. The highest BCUT2D eigenvalue weighted by Gasteiger charge is 2.34. The van der Waals surface area contributed by atoms with Crippen molar-refractivity contribution in [2.45, 2.75) is 32.1 Å². The van der Waals surface area contributed by atoms with Gasteiger partial charge in [0.15, 0.2) is 0 Å². The van der Waals surface area contributed by atoms with Crippen molar-refractivity contribution < 1.29 is 14.6 Å². The maximum Gasteiger partial charge on any atom is 0.306 e. The predicted octanol–water partition coefficient (Wildman–Crippen LogP) is 2.23. The normalized spacial score (nSPS) is 16.5. The van der Waals surface area contributed by atoms with E-state index in [1.807, 2.05) is 0 Å². The zero-order chi connectivity index (χ0) is 12.3. The topological polar surface area (TPSA) is 59.4 Å². The third kappa shape index (κ3) is 3.19. The standard InChI is InChI=1S/C13H17NO3/c1-2-17-13(16)6-12(9-3-4-9)10-5-11(15)8-14-7-10/h5,7-9,12,15H,2-4,6H2,1H3. The van der Waals surface area contributed by atoms with E-state index < -0.39 is 0 Å². The molecule has 0 aliphatic heterocycles. The van der Waals surface area contributed by atoms with Crippen LogP contribution in [0.5, 0.6) is 5.75 Å². The summed E-state index contributed by atoms with van der Waals surface area (Å²) in [6, 6.07) is 1.69. The molecular formula is C13H17NO3. The van der Waals surface area contributed by atoms with E-state index in [2.05, 4.69) is 4.98 Å². The molecule has 17 heavy (non-hydrogen) atoms. The van der Waals surface area contributed by atoms with Gasteiger partial charge in [-0.25, -0.2) is 0 Å². The molecule has 0 amide bonds. The molecule has 1 aliphatic rings. The van der Waals surface area contributed by atoms with Crippen molar-refractivity contribution in [3.8, 4) is 5.75 Å².